The summed E-state index contributed by atoms with van der Waals surface area (Å²) in [7, 11) is 0. The predicted molar refractivity (Wildman–Crippen MR) is 237 cm³/mol. The number of hydrogen-bond acceptors (Lipinski definition) is 0. The standard InChI is InChI=1S/C54H42/c1-53(2,3)35-24-20-32(21-25-35)48-44-29-42-39-16-9-13-31-14-10-17-40(47(31)39)43(42)30-45(44)49(33-22-26-36(27-23-33)54(4,5)6)52-46-28-34-12-7-8-15-37(34)38-18-11-19-41(50(38)46)51(48)52/h7-30H,1-6H3. The van der Waals surface area contributed by atoms with Gasteiger partial charge in [-0.3, -0.25) is 0 Å². The molecule has 11 aromatic rings. The molecule has 0 saturated carbocycles. The molecule has 0 heterocycles. The monoisotopic (exact) mass is 690 g/mol. The van der Waals surface area contributed by atoms with E-state index in [1.165, 1.54) is 120 Å². The molecule has 0 saturated heterocycles. The Bertz CT molecular complexity index is 3280. The normalized spacial score (nSPS) is 13.0. The van der Waals surface area contributed by atoms with Crippen molar-refractivity contribution in [3.63, 3.8) is 0 Å². The van der Waals surface area contributed by atoms with Gasteiger partial charge in [0, 0.05) is 0 Å². The minimum Gasteiger partial charge on any atom is -0.0616 e. The van der Waals surface area contributed by atoms with Gasteiger partial charge in [0.15, 0.2) is 0 Å². The molecule has 0 radical (unpaired) electrons. The van der Waals surface area contributed by atoms with Crippen LogP contribution in [0.25, 0.3) is 108 Å². The zero-order chi connectivity index (χ0) is 36.7. The maximum atomic E-state index is 2.54. The number of benzene rings is 9. The van der Waals surface area contributed by atoms with Crippen molar-refractivity contribution >= 4 is 86.2 Å². The molecule has 11 aromatic carbocycles. The van der Waals surface area contributed by atoms with Crippen LogP contribution < -0.4 is 0 Å². The lowest BCUT2D eigenvalue weighted by atomic mass is 9.82. The average molecular weight is 691 g/mol. The summed E-state index contributed by atoms with van der Waals surface area (Å²) in [6.07, 6.45) is 0. The summed E-state index contributed by atoms with van der Waals surface area (Å²) >= 11 is 0. The smallest absolute Gasteiger partial charge is 0.000719 e. The zero-order valence-electron chi connectivity index (χ0n) is 31.9. The first-order valence-electron chi connectivity index (χ1n) is 19.4. The SMILES string of the molecule is CC(C)(C)c1ccc(-c2c3cc4c(cc3c(-c3ccc(C(C)(C)C)cc3)c3c5cc6ccccc6c6cccc(c23)c65)c2cccc3cccc4c32)cc1. The van der Waals surface area contributed by atoms with E-state index in [0.717, 1.165) is 0 Å². The first-order chi connectivity index (χ1) is 26.1. The Morgan fingerprint density at radius 2 is 0.704 bits per heavy atom. The maximum Gasteiger partial charge on any atom is -0.000719 e. The van der Waals surface area contributed by atoms with Crippen LogP contribution in [0.3, 0.4) is 0 Å². The highest BCUT2D eigenvalue weighted by molar-refractivity contribution is 6.43. The van der Waals surface area contributed by atoms with Gasteiger partial charge in [-0.05, 0) is 149 Å². The zero-order valence-corrected chi connectivity index (χ0v) is 31.9. The number of fused-ring (bicyclic) bond motifs is 9. The fraction of sp³-hybridized carbons (Fsp3) is 0.148. The predicted octanol–water partition coefficient (Wildman–Crippen LogP) is 15.7. The molecule has 0 aromatic heterocycles. The van der Waals surface area contributed by atoms with E-state index in [0.29, 0.717) is 0 Å². The molecule has 0 spiro atoms. The van der Waals surface area contributed by atoms with Crippen molar-refractivity contribution < 1.29 is 0 Å². The van der Waals surface area contributed by atoms with Crippen LogP contribution in [0.2, 0.25) is 0 Å². The van der Waals surface area contributed by atoms with E-state index in [2.05, 4.69) is 187 Å². The molecule has 0 unspecified atom stereocenters. The molecule has 0 amide bonds. The van der Waals surface area contributed by atoms with Crippen molar-refractivity contribution in [2.24, 2.45) is 0 Å². The van der Waals surface area contributed by atoms with Crippen LogP contribution in [0, 0.1) is 0 Å². The van der Waals surface area contributed by atoms with Gasteiger partial charge in [-0.15, -0.1) is 0 Å². The van der Waals surface area contributed by atoms with Crippen LogP contribution in [0.1, 0.15) is 52.7 Å². The van der Waals surface area contributed by atoms with Crippen molar-refractivity contribution in [3.8, 4) is 22.3 Å². The lowest BCUT2D eigenvalue weighted by Crippen LogP contribution is -2.10. The van der Waals surface area contributed by atoms with E-state index >= 15 is 0 Å². The minimum absolute atomic E-state index is 0.0671. The van der Waals surface area contributed by atoms with Gasteiger partial charge in [0.1, 0.15) is 0 Å². The molecular weight excluding hydrogens is 649 g/mol. The molecule has 0 aliphatic heterocycles. The summed E-state index contributed by atoms with van der Waals surface area (Å²) in [6, 6.07) is 56.0. The fourth-order valence-corrected chi connectivity index (χ4v) is 9.75. The fourth-order valence-electron chi connectivity index (χ4n) is 9.75. The molecule has 11 rings (SSSR count). The molecule has 0 bridgehead atoms. The summed E-state index contributed by atoms with van der Waals surface area (Å²) in [6.45, 7) is 13.8. The van der Waals surface area contributed by atoms with E-state index < -0.39 is 0 Å². The molecule has 0 atom stereocenters. The van der Waals surface area contributed by atoms with Crippen LogP contribution >= 0.6 is 0 Å². The highest BCUT2D eigenvalue weighted by atomic mass is 14.3. The Hall–Kier alpha value is -5.98. The molecule has 0 aliphatic rings. The molecule has 0 fully saturated rings. The van der Waals surface area contributed by atoms with Crippen molar-refractivity contribution in [3.05, 3.63) is 157 Å². The van der Waals surface area contributed by atoms with Gasteiger partial charge in [-0.2, -0.15) is 0 Å². The van der Waals surface area contributed by atoms with Gasteiger partial charge in [0.25, 0.3) is 0 Å². The van der Waals surface area contributed by atoms with Gasteiger partial charge < -0.3 is 0 Å². The molecule has 258 valence electrons. The summed E-state index contributed by atoms with van der Waals surface area (Å²) in [5.74, 6) is 0. The van der Waals surface area contributed by atoms with Crippen LogP contribution in [-0.2, 0) is 10.8 Å². The van der Waals surface area contributed by atoms with Gasteiger partial charge in [-0.1, -0.05) is 169 Å². The van der Waals surface area contributed by atoms with E-state index in [-0.39, 0.29) is 10.8 Å². The second-order valence-corrected chi connectivity index (χ2v) is 17.7. The third kappa shape index (κ3) is 4.32. The number of hydrogen-bond donors (Lipinski definition) is 0. The van der Waals surface area contributed by atoms with Crippen molar-refractivity contribution in [1.82, 2.24) is 0 Å². The van der Waals surface area contributed by atoms with Crippen molar-refractivity contribution in [2.75, 3.05) is 0 Å². The summed E-state index contributed by atoms with van der Waals surface area (Å²) in [4.78, 5) is 0. The highest BCUT2D eigenvalue weighted by Crippen LogP contribution is 2.54. The Morgan fingerprint density at radius 3 is 1.24 bits per heavy atom. The maximum absolute atomic E-state index is 2.54. The Morgan fingerprint density at radius 1 is 0.278 bits per heavy atom. The average Bonchev–Trinajstić information content (AvgIpc) is 3.66. The van der Waals surface area contributed by atoms with Gasteiger partial charge in [-0.25, -0.2) is 0 Å². The lowest BCUT2D eigenvalue weighted by molar-refractivity contribution is 0.590. The summed E-state index contributed by atoms with van der Waals surface area (Å²) in [5.41, 5.74) is 8.02. The van der Waals surface area contributed by atoms with Crippen LogP contribution in [0.4, 0.5) is 0 Å². The molecule has 0 aliphatic carbocycles. The minimum atomic E-state index is 0.0671. The Labute approximate surface area is 316 Å². The third-order valence-electron chi connectivity index (χ3n) is 12.4. The second kappa shape index (κ2) is 10.8. The number of rotatable bonds is 2. The summed E-state index contributed by atoms with van der Waals surface area (Å²) < 4.78 is 0. The Kier molecular flexibility index (Phi) is 6.31. The van der Waals surface area contributed by atoms with Crippen molar-refractivity contribution in [1.29, 1.82) is 0 Å². The van der Waals surface area contributed by atoms with Crippen LogP contribution in [0.15, 0.2) is 146 Å². The van der Waals surface area contributed by atoms with Crippen LogP contribution in [0.5, 0.6) is 0 Å². The quantitative estimate of drug-likeness (QED) is 0.158. The molecule has 0 nitrogen and oxygen atoms in total. The molecule has 0 N–H and O–H groups in total. The summed E-state index contributed by atoms with van der Waals surface area (Å²) in [5, 5.41) is 21.3. The van der Waals surface area contributed by atoms with Gasteiger partial charge in [0.2, 0.25) is 0 Å². The van der Waals surface area contributed by atoms with Crippen LogP contribution in [-0.4, -0.2) is 0 Å². The van der Waals surface area contributed by atoms with Gasteiger partial charge in [0.05, 0.1) is 0 Å². The van der Waals surface area contributed by atoms with E-state index in [1.54, 1.807) is 0 Å². The largest absolute Gasteiger partial charge is 0.0616 e. The van der Waals surface area contributed by atoms with E-state index in [4.69, 9.17) is 0 Å². The molecule has 54 heavy (non-hydrogen) atoms. The molecule has 0 heteroatoms. The lowest BCUT2D eigenvalue weighted by Gasteiger charge is -2.21. The first-order valence-corrected chi connectivity index (χ1v) is 19.4. The first kappa shape index (κ1) is 31.5. The van der Waals surface area contributed by atoms with Crippen molar-refractivity contribution in [2.45, 2.75) is 52.4 Å². The third-order valence-corrected chi connectivity index (χ3v) is 12.4. The molecular formula is C54H42. The second-order valence-electron chi connectivity index (χ2n) is 17.7. The topological polar surface area (TPSA) is 0 Å². The highest BCUT2D eigenvalue weighted by Gasteiger charge is 2.26. The Balaban J connectivity index is 1.42. The van der Waals surface area contributed by atoms with E-state index in [1.807, 2.05) is 0 Å². The van der Waals surface area contributed by atoms with Gasteiger partial charge >= 0.3 is 0 Å². The van der Waals surface area contributed by atoms with E-state index in [9.17, 15) is 0 Å².